The van der Waals surface area contributed by atoms with Crippen LogP contribution in [0.5, 0.6) is 5.75 Å². The van der Waals surface area contributed by atoms with Gasteiger partial charge in [0.25, 0.3) is 0 Å². The smallest absolute Gasteiger partial charge is 0.242 e. The number of ether oxygens (including phenoxy) is 1. The molecule has 0 saturated heterocycles. The molecule has 2 aromatic carbocycles. The molecule has 0 aliphatic carbocycles. The zero-order chi connectivity index (χ0) is 17.4. The highest BCUT2D eigenvalue weighted by atomic mass is 16.5. The van der Waals surface area contributed by atoms with Gasteiger partial charge < -0.3 is 15.4 Å². The topological polar surface area (TPSA) is 67.4 Å². The van der Waals surface area contributed by atoms with Gasteiger partial charge in [0.1, 0.15) is 11.8 Å². The van der Waals surface area contributed by atoms with Gasteiger partial charge in [-0.1, -0.05) is 48.5 Å². The number of nitrogens with one attached hydrogen (secondary N) is 2. The summed E-state index contributed by atoms with van der Waals surface area (Å²) in [5, 5.41) is 5.52. The van der Waals surface area contributed by atoms with E-state index < -0.39 is 6.04 Å². The lowest BCUT2D eigenvalue weighted by molar-refractivity contribution is -0.128. The van der Waals surface area contributed by atoms with Gasteiger partial charge >= 0.3 is 0 Å². The second-order valence-corrected chi connectivity index (χ2v) is 5.48. The number of carbonyl (C=O) groups excluding carboxylic acids is 2. The highest BCUT2D eigenvalue weighted by Gasteiger charge is 2.16. The maximum atomic E-state index is 12.1. The number of hydrogen-bond acceptors (Lipinski definition) is 3. The van der Waals surface area contributed by atoms with Crippen molar-refractivity contribution in [2.75, 3.05) is 7.11 Å². The molecular formula is C19H22N2O3. The maximum Gasteiger partial charge on any atom is 0.242 e. The summed E-state index contributed by atoms with van der Waals surface area (Å²) in [5.41, 5.74) is 1.80. The van der Waals surface area contributed by atoms with Crippen LogP contribution in [0.25, 0.3) is 0 Å². The van der Waals surface area contributed by atoms with Crippen molar-refractivity contribution in [1.29, 1.82) is 0 Å². The van der Waals surface area contributed by atoms with Gasteiger partial charge in [-0.05, 0) is 18.6 Å². The van der Waals surface area contributed by atoms with Crippen molar-refractivity contribution >= 4 is 11.8 Å². The van der Waals surface area contributed by atoms with Gasteiger partial charge in [-0.2, -0.15) is 0 Å². The van der Waals surface area contributed by atoms with Crippen LogP contribution in [-0.2, 0) is 22.6 Å². The number of hydrogen-bond donors (Lipinski definition) is 2. The number of methoxy groups -OCH3 is 1. The van der Waals surface area contributed by atoms with Gasteiger partial charge in [-0.15, -0.1) is 0 Å². The van der Waals surface area contributed by atoms with E-state index in [1.54, 1.807) is 20.1 Å². The average molecular weight is 326 g/mol. The SMILES string of the molecule is COc1ccccc1CC(=O)N[C@H](C)C(=O)NCc1ccccc1. The second-order valence-electron chi connectivity index (χ2n) is 5.48. The monoisotopic (exact) mass is 326 g/mol. The van der Waals surface area contributed by atoms with Crippen molar-refractivity contribution in [3.63, 3.8) is 0 Å². The van der Waals surface area contributed by atoms with Crippen LogP contribution in [0.1, 0.15) is 18.1 Å². The molecule has 2 aromatic rings. The van der Waals surface area contributed by atoms with E-state index >= 15 is 0 Å². The zero-order valence-corrected chi connectivity index (χ0v) is 13.9. The van der Waals surface area contributed by atoms with E-state index in [4.69, 9.17) is 4.74 Å². The first-order valence-corrected chi connectivity index (χ1v) is 7.83. The number of carbonyl (C=O) groups is 2. The highest BCUT2D eigenvalue weighted by molar-refractivity contribution is 5.88. The molecule has 2 N–H and O–H groups in total. The fourth-order valence-electron chi connectivity index (χ4n) is 2.32. The number of para-hydroxylation sites is 1. The Kier molecular flexibility index (Phi) is 6.37. The van der Waals surface area contributed by atoms with Crippen molar-refractivity contribution in [1.82, 2.24) is 10.6 Å². The van der Waals surface area contributed by atoms with E-state index in [0.717, 1.165) is 11.1 Å². The maximum absolute atomic E-state index is 12.1. The van der Waals surface area contributed by atoms with Crippen LogP contribution in [0.3, 0.4) is 0 Å². The molecule has 0 fully saturated rings. The van der Waals surface area contributed by atoms with E-state index in [1.807, 2.05) is 48.5 Å². The first-order valence-electron chi connectivity index (χ1n) is 7.83. The molecule has 2 amide bonds. The molecule has 0 radical (unpaired) electrons. The van der Waals surface area contributed by atoms with Gasteiger partial charge in [0.15, 0.2) is 0 Å². The molecule has 0 saturated carbocycles. The van der Waals surface area contributed by atoms with E-state index in [0.29, 0.717) is 12.3 Å². The Hall–Kier alpha value is -2.82. The summed E-state index contributed by atoms with van der Waals surface area (Å²) in [7, 11) is 1.57. The molecule has 24 heavy (non-hydrogen) atoms. The van der Waals surface area contributed by atoms with E-state index in [2.05, 4.69) is 10.6 Å². The minimum atomic E-state index is -0.601. The third kappa shape index (κ3) is 5.12. The minimum Gasteiger partial charge on any atom is -0.496 e. The molecule has 1 atom stereocenters. The fraction of sp³-hybridized carbons (Fsp3) is 0.263. The standard InChI is InChI=1S/C19H22N2O3/c1-14(19(23)20-13-15-8-4-3-5-9-15)21-18(22)12-16-10-6-7-11-17(16)24-2/h3-11,14H,12-13H2,1-2H3,(H,20,23)(H,21,22)/t14-/m1/s1. The Bertz CT molecular complexity index is 686. The fourth-order valence-corrected chi connectivity index (χ4v) is 2.32. The summed E-state index contributed by atoms with van der Waals surface area (Å²) in [5.74, 6) is 0.225. The molecule has 5 nitrogen and oxygen atoms in total. The van der Waals surface area contributed by atoms with Gasteiger partial charge in [0.2, 0.25) is 11.8 Å². The third-order valence-corrected chi connectivity index (χ3v) is 3.62. The Morgan fingerprint density at radius 2 is 1.71 bits per heavy atom. The molecule has 0 heterocycles. The molecule has 2 rings (SSSR count). The molecule has 5 heteroatoms. The zero-order valence-electron chi connectivity index (χ0n) is 13.9. The lowest BCUT2D eigenvalue weighted by Crippen LogP contribution is -2.45. The Morgan fingerprint density at radius 1 is 1.04 bits per heavy atom. The van der Waals surface area contributed by atoms with E-state index in [9.17, 15) is 9.59 Å². The summed E-state index contributed by atoms with van der Waals surface area (Å²) in [6.45, 7) is 2.10. The van der Waals surface area contributed by atoms with Crippen LogP contribution in [-0.4, -0.2) is 25.0 Å². The molecule has 0 bridgehead atoms. The number of rotatable bonds is 7. The summed E-state index contributed by atoms with van der Waals surface area (Å²) >= 11 is 0. The largest absolute Gasteiger partial charge is 0.496 e. The number of amides is 2. The van der Waals surface area contributed by atoms with Gasteiger partial charge in [0.05, 0.1) is 13.5 Å². The lowest BCUT2D eigenvalue weighted by atomic mass is 10.1. The highest BCUT2D eigenvalue weighted by Crippen LogP contribution is 2.17. The summed E-state index contributed by atoms with van der Waals surface area (Å²) in [4.78, 5) is 24.2. The average Bonchev–Trinajstić information content (AvgIpc) is 2.60. The quantitative estimate of drug-likeness (QED) is 0.818. The molecule has 0 aromatic heterocycles. The third-order valence-electron chi connectivity index (χ3n) is 3.62. The molecule has 0 spiro atoms. The van der Waals surface area contributed by atoms with Crippen LogP contribution < -0.4 is 15.4 Å². The molecular weight excluding hydrogens is 304 g/mol. The minimum absolute atomic E-state index is 0.167. The second kappa shape index (κ2) is 8.72. The molecule has 0 aliphatic rings. The first-order chi connectivity index (χ1) is 11.6. The van der Waals surface area contributed by atoms with Crippen LogP contribution >= 0.6 is 0 Å². The predicted molar refractivity (Wildman–Crippen MR) is 92.6 cm³/mol. The van der Waals surface area contributed by atoms with Crippen molar-refractivity contribution < 1.29 is 14.3 Å². The summed E-state index contributed by atoms with van der Waals surface area (Å²) in [6, 6.07) is 16.4. The predicted octanol–water partition coefficient (Wildman–Crippen LogP) is 2.06. The van der Waals surface area contributed by atoms with Crippen molar-refractivity contribution in [2.24, 2.45) is 0 Å². The van der Waals surface area contributed by atoms with Crippen molar-refractivity contribution in [3.05, 3.63) is 65.7 Å². The lowest BCUT2D eigenvalue weighted by Gasteiger charge is -2.15. The summed E-state index contributed by atoms with van der Waals surface area (Å²) < 4.78 is 5.23. The van der Waals surface area contributed by atoms with Crippen LogP contribution in [0, 0.1) is 0 Å². The Balaban J connectivity index is 1.83. The van der Waals surface area contributed by atoms with Gasteiger partial charge in [-0.25, -0.2) is 0 Å². The summed E-state index contributed by atoms with van der Waals surface area (Å²) in [6.07, 6.45) is 0.167. The van der Waals surface area contributed by atoms with Crippen molar-refractivity contribution in [3.8, 4) is 5.75 Å². The van der Waals surface area contributed by atoms with Crippen LogP contribution in [0.4, 0.5) is 0 Å². The van der Waals surface area contributed by atoms with E-state index in [1.165, 1.54) is 0 Å². The van der Waals surface area contributed by atoms with Crippen molar-refractivity contribution in [2.45, 2.75) is 25.9 Å². The van der Waals surface area contributed by atoms with E-state index in [-0.39, 0.29) is 18.2 Å². The van der Waals surface area contributed by atoms with Crippen LogP contribution in [0.2, 0.25) is 0 Å². The molecule has 0 aliphatic heterocycles. The molecule has 126 valence electrons. The van der Waals surface area contributed by atoms with Crippen LogP contribution in [0.15, 0.2) is 54.6 Å². The van der Waals surface area contributed by atoms with Gasteiger partial charge in [0, 0.05) is 12.1 Å². The van der Waals surface area contributed by atoms with Gasteiger partial charge in [-0.3, -0.25) is 9.59 Å². The Morgan fingerprint density at radius 3 is 2.42 bits per heavy atom. The number of benzene rings is 2. The first kappa shape index (κ1) is 17.5. The molecule has 0 unspecified atom stereocenters. The Labute approximate surface area is 142 Å². The normalized spacial score (nSPS) is 11.4.